The molecule has 0 bridgehead atoms. The summed E-state index contributed by atoms with van der Waals surface area (Å²) >= 11 is 0. The normalized spacial score (nSPS) is 12.0. The molecule has 0 saturated heterocycles. The largest absolute Gasteiger partial charge is 0.508 e. The average molecular weight is 553 g/mol. The predicted octanol–water partition coefficient (Wildman–Crippen LogP) is 0.298. The second-order valence-electron chi connectivity index (χ2n) is 8.70. The quantitative estimate of drug-likeness (QED) is 0.152. The van der Waals surface area contributed by atoms with Gasteiger partial charge in [-0.2, -0.15) is 0 Å². The first-order valence-electron chi connectivity index (χ1n) is 12.5. The molecule has 40 heavy (non-hydrogen) atoms. The molecule has 3 rings (SSSR count). The number of aromatic hydroxyl groups is 1. The van der Waals surface area contributed by atoms with Crippen molar-refractivity contribution in [1.29, 1.82) is 0 Å². The molecule has 0 spiro atoms. The molecule has 13 nitrogen and oxygen atoms in total. The number of phenolic OH excluding ortho intramolecular Hbond substituents is 1. The monoisotopic (exact) mass is 552 g/mol. The van der Waals surface area contributed by atoms with Gasteiger partial charge >= 0.3 is 12.1 Å². The Morgan fingerprint density at radius 1 is 0.925 bits per heavy atom. The molecule has 2 aromatic carbocycles. The highest BCUT2D eigenvalue weighted by Gasteiger charge is 2.26. The first kappa shape index (κ1) is 29.6. The number of nitrogens with two attached hydrogens (primary N) is 1. The Bertz CT molecular complexity index is 1240. The van der Waals surface area contributed by atoms with Gasteiger partial charge in [-0.1, -0.05) is 42.5 Å². The van der Waals surface area contributed by atoms with Gasteiger partial charge in [-0.05, 0) is 23.3 Å². The summed E-state index contributed by atoms with van der Waals surface area (Å²) in [6.45, 7) is -0.384. The number of carbonyl (C=O) groups excluding carboxylic acids is 4. The number of phenols is 1. The number of aromatic nitrogens is 2. The van der Waals surface area contributed by atoms with Crippen molar-refractivity contribution >= 4 is 23.9 Å². The number of ether oxygens (including phenoxy) is 2. The van der Waals surface area contributed by atoms with Crippen molar-refractivity contribution < 1.29 is 33.8 Å². The number of aromatic amines is 1. The standard InChI is InChI=1S/C27H32N6O7/c28-10-11-39-26(37)23(12-18-6-8-21(34)9-7-18)32-24(35)15-30-25(36)22(13-20-14-29-17-31-20)33-27(38)40-16-19-4-2-1-3-5-19/h1-9,14,17,22-23,34H,10-13,15-16,28H2,(H,29,31)(H,30,36)(H,32,35)(H,33,38)/t22-,23-/m0/s1. The fraction of sp³-hybridized carbons (Fsp3) is 0.296. The lowest BCUT2D eigenvalue weighted by molar-refractivity contribution is -0.147. The predicted molar refractivity (Wildman–Crippen MR) is 143 cm³/mol. The highest BCUT2D eigenvalue weighted by molar-refractivity contribution is 5.91. The van der Waals surface area contributed by atoms with Crippen LogP contribution in [0.5, 0.6) is 5.75 Å². The van der Waals surface area contributed by atoms with E-state index in [-0.39, 0.29) is 38.3 Å². The summed E-state index contributed by atoms with van der Waals surface area (Å²) < 4.78 is 10.3. The number of nitrogens with zero attached hydrogens (tertiary/aromatic N) is 1. The van der Waals surface area contributed by atoms with E-state index >= 15 is 0 Å². The summed E-state index contributed by atoms with van der Waals surface area (Å²) in [6.07, 6.45) is 2.27. The summed E-state index contributed by atoms with van der Waals surface area (Å²) in [6, 6.07) is 13.0. The Morgan fingerprint density at radius 3 is 2.35 bits per heavy atom. The zero-order valence-corrected chi connectivity index (χ0v) is 21.7. The fourth-order valence-corrected chi connectivity index (χ4v) is 3.59. The Kier molecular flexibility index (Phi) is 11.5. The van der Waals surface area contributed by atoms with Crippen LogP contribution in [0.3, 0.4) is 0 Å². The molecule has 1 aromatic heterocycles. The van der Waals surface area contributed by atoms with E-state index in [1.807, 2.05) is 18.2 Å². The Morgan fingerprint density at radius 2 is 1.68 bits per heavy atom. The summed E-state index contributed by atoms with van der Waals surface area (Å²) in [4.78, 5) is 57.3. The fourth-order valence-electron chi connectivity index (χ4n) is 3.59. The minimum absolute atomic E-state index is 0.0101. The first-order valence-corrected chi connectivity index (χ1v) is 12.5. The molecule has 3 aromatic rings. The number of nitrogens with one attached hydrogen (secondary N) is 4. The van der Waals surface area contributed by atoms with Crippen LogP contribution in [0.15, 0.2) is 67.1 Å². The molecule has 1 heterocycles. The van der Waals surface area contributed by atoms with Gasteiger partial charge in [0, 0.05) is 31.3 Å². The molecule has 0 fully saturated rings. The van der Waals surface area contributed by atoms with Crippen LogP contribution < -0.4 is 21.7 Å². The van der Waals surface area contributed by atoms with Crippen LogP contribution in [-0.2, 0) is 43.3 Å². The van der Waals surface area contributed by atoms with E-state index in [2.05, 4.69) is 25.9 Å². The van der Waals surface area contributed by atoms with Gasteiger partial charge in [0.15, 0.2) is 0 Å². The van der Waals surface area contributed by atoms with E-state index in [0.29, 0.717) is 11.3 Å². The van der Waals surface area contributed by atoms with Gasteiger partial charge in [-0.25, -0.2) is 14.6 Å². The van der Waals surface area contributed by atoms with Gasteiger partial charge in [-0.3, -0.25) is 9.59 Å². The average Bonchev–Trinajstić information content (AvgIpc) is 3.47. The number of amides is 3. The lowest BCUT2D eigenvalue weighted by Gasteiger charge is -2.20. The molecule has 7 N–H and O–H groups in total. The number of hydrogen-bond donors (Lipinski definition) is 6. The summed E-state index contributed by atoms with van der Waals surface area (Å²) in [5, 5.41) is 17.0. The third-order valence-corrected chi connectivity index (χ3v) is 5.58. The number of H-pyrrole nitrogens is 1. The van der Waals surface area contributed by atoms with E-state index in [1.165, 1.54) is 24.7 Å². The SMILES string of the molecule is NCCOC(=O)[C@H](Cc1ccc(O)cc1)NC(=O)CNC(=O)[C@H](Cc1cnc[nH]1)NC(=O)OCc1ccccc1. The van der Waals surface area contributed by atoms with Gasteiger partial charge in [0.05, 0.1) is 12.9 Å². The summed E-state index contributed by atoms with van der Waals surface area (Å²) in [7, 11) is 0. The van der Waals surface area contributed by atoms with Crippen LogP contribution in [0, 0.1) is 0 Å². The molecule has 2 atom stereocenters. The van der Waals surface area contributed by atoms with E-state index in [0.717, 1.165) is 5.56 Å². The van der Waals surface area contributed by atoms with E-state index in [4.69, 9.17) is 15.2 Å². The van der Waals surface area contributed by atoms with Crippen molar-refractivity contribution in [1.82, 2.24) is 25.9 Å². The zero-order chi connectivity index (χ0) is 28.7. The second-order valence-corrected chi connectivity index (χ2v) is 8.70. The van der Waals surface area contributed by atoms with Crippen LogP contribution >= 0.6 is 0 Å². The van der Waals surface area contributed by atoms with Crippen molar-refractivity contribution in [2.24, 2.45) is 5.73 Å². The Labute approximate surface area is 230 Å². The van der Waals surface area contributed by atoms with Gasteiger partial charge < -0.3 is 41.2 Å². The molecular weight excluding hydrogens is 520 g/mol. The minimum Gasteiger partial charge on any atom is -0.508 e. The van der Waals surface area contributed by atoms with Gasteiger partial charge in [-0.15, -0.1) is 0 Å². The molecule has 3 amide bonds. The number of hydrogen-bond acceptors (Lipinski definition) is 9. The molecule has 13 heteroatoms. The van der Waals surface area contributed by atoms with Crippen LogP contribution in [-0.4, -0.2) is 70.7 Å². The van der Waals surface area contributed by atoms with Crippen LogP contribution in [0.1, 0.15) is 16.8 Å². The van der Waals surface area contributed by atoms with Crippen LogP contribution in [0.25, 0.3) is 0 Å². The maximum atomic E-state index is 12.9. The van der Waals surface area contributed by atoms with Gasteiger partial charge in [0.25, 0.3) is 0 Å². The maximum absolute atomic E-state index is 12.9. The van der Waals surface area contributed by atoms with E-state index in [1.54, 1.807) is 24.3 Å². The Hall–Kier alpha value is -4.91. The topological polar surface area (TPSA) is 198 Å². The highest BCUT2D eigenvalue weighted by Crippen LogP contribution is 2.12. The second kappa shape index (κ2) is 15.5. The van der Waals surface area contributed by atoms with Gasteiger partial charge in [0.2, 0.25) is 11.8 Å². The number of imidazole rings is 1. The number of benzene rings is 2. The van der Waals surface area contributed by atoms with Crippen LogP contribution in [0.4, 0.5) is 4.79 Å². The minimum atomic E-state index is -1.08. The number of alkyl carbamates (subject to hydrolysis) is 1. The maximum Gasteiger partial charge on any atom is 0.408 e. The third kappa shape index (κ3) is 10.1. The number of esters is 1. The van der Waals surface area contributed by atoms with Crippen molar-refractivity contribution in [3.05, 3.63) is 83.9 Å². The molecule has 0 aliphatic rings. The molecule has 0 aliphatic carbocycles. The molecule has 0 radical (unpaired) electrons. The lowest BCUT2D eigenvalue weighted by atomic mass is 10.1. The van der Waals surface area contributed by atoms with Crippen molar-refractivity contribution in [2.75, 3.05) is 19.7 Å². The summed E-state index contributed by atoms with van der Waals surface area (Å²) in [5.74, 6) is -1.95. The number of carbonyl (C=O) groups is 4. The smallest absolute Gasteiger partial charge is 0.408 e. The lowest BCUT2D eigenvalue weighted by Crippen LogP contribution is -2.52. The van der Waals surface area contributed by atoms with E-state index in [9.17, 15) is 24.3 Å². The molecule has 0 aliphatic heterocycles. The van der Waals surface area contributed by atoms with Gasteiger partial charge in [0.1, 0.15) is 31.0 Å². The molecular formula is C27H32N6O7. The molecule has 0 unspecified atom stereocenters. The van der Waals surface area contributed by atoms with Crippen LogP contribution in [0.2, 0.25) is 0 Å². The molecule has 212 valence electrons. The summed E-state index contributed by atoms with van der Waals surface area (Å²) in [5.41, 5.74) is 7.41. The molecule has 0 saturated carbocycles. The highest BCUT2D eigenvalue weighted by atomic mass is 16.5. The first-order chi connectivity index (χ1) is 19.3. The number of rotatable bonds is 14. The third-order valence-electron chi connectivity index (χ3n) is 5.58. The van der Waals surface area contributed by atoms with Crippen molar-refractivity contribution in [2.45, 2.75) is 31.5 Å². The van der Waals surface area contributed by atoms with E-state index < -0.39 is 42.5 Å². The zero-order valence-electron chi connectivity index (χ0n) is 21.7. The van der Waals surface area contributed by atoms with Crippen molar-refractivity contribution in [3.63, 3.8) is 0 Å². The Balaban J connectivity index is 1.58. The van der Waals surface area contributed by atoms with Crippen molar-refractivity contribution in [3.8, 4) is 5.75 Å².